The molecule has 0 radical (unpaired) electrons. The first-order chi connectivity index (χ1) is 13.5. The zero-order chi connectivity index (χ0) is 19.7. The summed E-state index contributed by atoms with van der Waals surface area (Å²) in [4.78, 5) is 25.9. The maximum Gasteiger partial charge on any atom is 0.231 e. The van der Waals surface area contributed by atoms with E-state index in [9.17, 15) is 4.79 Å². The number of rotatable bonds is 4. The Morgan fingerprint density at radius 1 is 1.25 bits per heavy atom. The molecule has 6 nitrogen and oxygen atoms in total. The lowest BCUT2D eigenvalue weighted by atomic mass is 9.96. The molecule has 3 aromatic rings. The third-order valence-electron chi connectivity index (χ3n) is 5.65. The topological polar surface area (TPSA) is 62.5 Å². The summed E-state index contributed by atoms with van der Waals surface area (Å²) >= 11 is 0. The zero-order valence-electron chi connectivity index (χ0n) is 16.7. The summed E-state index contributed by atoms with van der Waals surface area (Å²) in [6.45, 7) is 6.18. The molecule has 3 heterocycles. The van der Waals surface area contributed by atoms with E-state index in [1.54, 1.807) is 6.33 Å². The molecule has 1 amide bonds. The summed E-state index contributed by atoms with van der Waals surface area (Å²) in [5.74, 6) is 1.91. The van der Waals surface area contributed by atoms with Crippen molar-refractivity contribution in [1.29, 1.82) is 0 Å². The molecular formula is C22H26N4O2. The highest BCUT2D eigenvalue weighted by Crippen LogP contribution is 2.33. The first-order valence-corrected chi connectivity index (χ1v) is 9.79. The van der Waals surface area contributed by atoms with E-state index in [4.69, 9.17) is 4.42 Å². The van der Waals surface area contributed by atoms with Crippen molar-refractivity contribution in [1.82, 2.24) is 14.9 Å². The third kappa shape index (κ3) is 3.46. The van der Waals surface area contributed by atoms with Crippen molar-refractivity contribution in [3.8, 4) is 0 Å². The van der Waals surface area contributed by atoms with Crippen molar-refractivity contribution in [3.63, 3.8) is 0 Å². The molecule has 28 heavy (non-hydrogen) atoms. The van der Waals surface area contributed by atoms with Crippen LogP contribution in [-0.2, 0) is 11.3 Å². The van der Waals surface area contributed by atoms with Gasteiger partial charge < -0.3 is 14.2 Å². The molecule has 1 saturated heterocycles. The average molecular weight is 378 g/mol. The fraction of sp³-hybridized carbons (Fsp3) is 0.409. The number of fused-ring (bicyclic) bond motifs is 1. The van der Waals surface area contributed by atoms with Crippen molar-refractivity contribution >= 4 is 22.8 Å². The molecule has 1 atom stereocenters. The third-order valence-corrected chi connectivity index (χ3v) is 5.65. The highest BCUT2D eigenvalue weighted by Gasteiger charge is 2.30. The van der Waals surface area contributed by atoms with Crippen LogP contribution in [0.2, 0.25) is 0 Å². The largest absolute Gasteiger partial charge is 0.443 e. The van der Waals surface area contributed by atoms with Crippen molar-refractivity contribution in [2.75, 3.05) is 25.0 Å². The van der Waals surface area contributed by atoms with Gasteiger partial charge in [0.2, 0.25) is 11.6 Å². The summed E-state index contributed by atoms with van der Waals surface area (Å²) in [6, 6.07) is 10.1. The predicted molar refractivity (Wildman–Crippen MR) is 109 cm³/mol. The minimum Gasteiger partial charge on any atom is -0.443 e. The second-order valence-corrected chi connectivity index (χ2v) is 7.63. The van der Waals surface area contributed by atoms with Gasteiger partial charge in [0, 0.05) is 32.2 Å². The minimum absolute atomic E-state index is 0.0271. The summed E-state index contributed by atoms with van der Waals surface area (Å²) in [7, 11) is 1.89. The van der Waals surface area contributed by atoms with Gasteiger partial charge in [0.05, 0.1) is 11.3 Å². The van der Waals surface area contributed by atoms with Gasteiger partial charge in [0.25, 0.3) is 0 Å². The number of anilines is 1. The van der Waals surface area contributed by atoms with E-state index in [0.29, 0.717) is 18.8 Å². The number of furan rings is 1. The predicted octanol–water partition coefficient (Wildman–Crippen LogP) is 3.71. The van der Waals surface area contributed by atoms with Crippen LogP contribution in [0.25, 0.3) is 11.1 Å². The average Bonchev–Trinajstić information content (AvgIpc) is 3.02. The fourth-order valence-corrected chi connectivity index (χ4v) is 4.02. The van der Waals surface area contributed by atoms with Crippen LogP contribution in [-0.4, -0.2) is 40.9 Å². The Kier molecular flexibility index (Phi) is 5.03. The van der Waals surface area contributed by atoms with Crippen LogP contribution in [0.4, 0.5) is 5.82 Å². The van der Waals surface area contributed by atoms with Gasteiger partial charge in [-0.1, -0.05) is 30.3 Å². The summed E-state index contributed by atoms with van der Waals surface area (Å²) < 4.78 is 5.76. The monoisotopic (exact) mass is 378 g/mol. The maximum atomic E-state index is 13.1. The number of benzene rings is 1. The van der Waals surface area contributed by atoms with E-state index < -0.39 is 0 Å². The molecule has 0 spiro atoms. The lowest BCUT2D eigenvalue weighted by Crippen LogP contribution is -2.43. The second kappa shape index (κ2) is 7.62. The van der Waals surface area contributed by atoms with Crippen molar-refractivity contribution in [2.45, 2.75) is 33.2 Å². The van der Waals surface area contributed by atoms with Crippen LogP contribution in [0.1, 0.15) is 29.7 Å². The Hall–Kier alpha value is -2.89. The van der Waals surface area contributed by atoms with Gasteiger partial charge in [-0.3, -0.25) is 4.79 Å². The second-order valence-electron chi connectivity index (χ2n) is 7.63. The molecule has 1 fully saturated rings. The summed E-state index contributed by atoms with van der Waals surface area (Å²) in [5, 5.41) is 0.964. The van der Waals surface area contributed by atoms with Crippen LogP contribution in [0.5, 0.6) is 0 Å². The van der Waals surface area contributed by atoms with Crippen LogP contribution in [0.3, 0.4) is 0 Å². The summed E-state index contributed by atoms with van der Waals surface area (Å²) in [6.07, 6.45) is 3.43. The number of nitrogens with zero attached hydrogens (tertiary/aromatic N) is 4. The van der Waals surface area contributed by atoms with Gasteiger partial charge in [-0.05, 0) is 32.3 Å². The Morgan fingerprint density at radius 3 is 2.82 bits per heavy atom. The highest BCUT2D eigenvalue weighted by atomic mass is 16.3. The molecule has 1 aromatic carbocycles. The lowest BCUT2D eigenvalue weighted by molar-refractivity contribution is -0.135. The molecular weight excluding hydrogens is 352 g/mol. The number of hydrogen-bond donors (Lipinski definition) is 0. The van der Waals surface area contributed by atoms with E-state index >= 15 is 0 Å². The quantitative estimate of drug-likeness (QED) is 0.692. The molecule has 0 saturated carbocycles. The first kappa shape index (κ1) is 18.5. The molecule has 1 aliphatic rings. The van der Waals surface area contributed by atoms with E-state index in [-0.39, 0.29) is 11.8 Å². The van der Waals surface area contributed by atoms with Gasteiger partial charge in [-0.25, -0.2) is 9.97 Å². The van der Waals surface area contributed by atoms with Crippen molar-refractivity contribution < 1.29 is 9.21 Å². The Labute approximate surface area is 165 Å². The fourth-order valence-electron chi connectivity index (χ4n) is 4.02. The number of hydrogen-bond acceptors (Lipinski definition) is 5. The van der Waals surface area contributed by atoms with E-state index in [1.165, 1.54) is 0 Å². The molecule has 0 bridgehead atoms. The Bertz CT molecular complexity index is 983. The number of carbonyl (C=O) groups is 1. The molecule has 2 aromatic heterocycles. The van der Waals surface area contributed by atoms with Gasteiger partial charge in [-0.2, -0.15) is 0 Å². The van der Waals surface area contributed by atoms with Gasteiger partial charge >= 0.3 is 0 Å². The van der Waals surface area contributed by atoms with E-state index in [0.717, 1.165) is 47.5 Å². The Balaban J connectivity index is 1.53. The van der Waals surface area contributed by atoms with Crippen LogP contribution in [0, 0.1) is 19.8 Å². The van der Waals surface area contributed by atoms with E-state index in [1.807, 2.05) is 44.0 Å². The Morgan fingerprint density at radius 2 is 2.04 bits per heavy atom. The van der Waals surface area contributed by atoms with Gasteiger partial charge in [0.15, 0.2) is 0 Å². The number of piperidine rings is 1. The molecule has 1 aliphatic heterocycles. The van der Waals surface area contributed by atoms with Crippen molar-refractivity contribution in [2.24, 2.45) is 5.92 Å². The lowest BCUT2D eigenvalue weighted by Gasteiger charge is -2.35. The first-order valence-electron chi connectivity index (χ1n) is 9.79. The standard InChI is InChI=1S/C22H26N4O2/c1-15-16(2)28-21-19(15)20(23-14-24-21)26-11-7-10-18(13-26)22(27)25(3)12-17-8-5-4-6-9-17/h4-6,8-9,14,18H,7,10-13H2,1-3H3/t18-/m0/s1. The molecule has 0 unspecified atom stereocenters. The molecule has 6 heteroatoms. The van der Waals surface area contributed by atoms with Crippen LogP contribution >= 0.6 is 0 Å². The number of aromatic nitrogens is 2. The van der Waals surface area contributed by atoms with E-state index in [2.05, 4.69) is 27.0 Å². The van der Waals surface area contributed by atoms with Crippen LogP contribution in [0.15, 0.2) is 41.1 Å². The van der Waals surface area contributed by atoms with Gasteiger partial charge in [-0.15, -0.1) is 0 Å². The molecule has 0 aliphatic carbocycles. The minimum atomic E-state index is -0.0271. The number of carbonyl (C=O) groups excluding carboxylic acids is 1. The highest BCUT2D eigenvalue weighted by molar-refractivity contribution is 5.90. The molecule has 146 valence electrons. The molecule has 4 rings (SSSR count). The normalized spacial score (nSPS) is 17.1. The van der Waals surface area contributed by atoms with Gasteiger partial charge in [0.1, 0.15) is 17.9 Å². The smallest absolute Gasteiger partial charge is 0.231 e. The van der Waals surface area contributed by atoms with Crippen molar-refractivity contribution in [3.05, 3.63) is 53.5 Å². The molecule has 0 N–H and O–H groups in total. The SMILES string of the molecule is Cc1oc2ncnc(N3CCC[C@H](C(=O)N(C)Cc4ccccc4)C3)c2c1C. The number of amides is 1. The number of aryl methyl sites for hydroxylation is 2. The zero-order valence-corrected chi connectivity index (χ0v) is 16.7. The van der Waals surface area contributed by atoms with Crippen LogP contribution < -0.4 is 4.90 Å². The maximum absolute atomic E-state index is 13.1. The summed E-state index contributed by atoms with van der Waals surface area (Å²) in [5.41, 5.74) is 2.84.